The number of nitrogens with zero attached hydrogens (tertiary/aromatic N) is 2. The normalized spacial score (nSPS) is 19.8. The van der Waals surface area contributed by atoms with Crippen molar-refractivity contribution in [1.29, 1.82) is 0 Å². The standard InChI is InChI=1S/C28H42F2N2O3Si2.2ClH/c1-36(27-9-5-25(29)6-10-27,23-3-13-31-15-19-33-20-16-31)35-37(2,28-11-7-26(30)8-12-28)24-4-14-32-17-21-34-22-18-32;;/h5-12H,3-4,13-24H2,1-2H3;2*1H. The second-order valence-electron chi connectivity index (χ2n) is 10.7. The molecule has 4 rings (SSSR count). The third-order valence-corrected chi connectivity index (χ3v) is 17.2. The summed E-state index contributed by atoms with van der Waals surface area (Å²) >= 11 is 0. The van der Waals surface area contributed by atoms with Crippen molar-refractivity contribution in [2.24, 2.45) is 0 Å². The summed E-state index contributed by atoms with van der Waals surface area (Å²) in [6.45, 7) is 13.7. The van der Waals surface area contributed by atoms with Crippen LogP contribution in [-0.4, -0.2) is 92.1 Å². The van der Waals surface area contributed by atoms with E-state index in [-0.39, 0.29) is 36.4 Å². The minimum atomic E-state index is -2.44. The van der Waals surface area contributed by atoms with Gasteiger partial charge in [-0.3, -0.25) is 9.80 Å². The van der Waals surface area contributed by atoms with Gasteiger partial charge in [-0.25, -0.2) is 8.78 Å². The highest BCUT2D eigenvalue weighted by Crippen LogP contribution is 2.25. The van der Waals surface area contributed by atoms with E-state index in [1.807, 2.05) is 24.3 Å². The first kappa shape index (κ1) is 34.3. The average Bonchev–Trinajstić information content (AvgIpc) is 2.90. The van der Waals surface area contributed by atoms with Crippen molar-refractivity contribution >= 4 is 51.8 Å². The van der Waals surface area contributed by atoms with E-state index in [9.17, 15) is 8.78 Å². The van der Waals surface area contributed by atoms with Crippen LogP contribution in [0.1, 0.15) is 12.8 Å². The maximum absolute atomic E-state index is 13.9. The predicted octanol–water partition coefficient (Wildman–Crippen LogP) is 4.53. The summed E-state index contributed by atoms with van der Waals surface area (Å²) in [6, 6.07) is 15.8. The van der Waals surface area contributed by atoms with Gasteiger partial charge in [0.25, 0.3) is 0 Å². The van der Waals surface area contributed by atoms with Crippen molar-refractivity contribution in [3.8, 4) is 0 Å². The molecule has 2 unspecified atom stereocenters. The van der Waals surface area contributed by atoms with Crippen molar-refractivity contribution in [1.82, 2.24) is 9.80 Å². The average molecular weight is 622 g/mol. The van der Waals surface area contributed by atoms with Crippen molar-refractivity contribution in [3.63, 3.8) is 0 Å². The lowest BCUT2D eigenvalue weighted by atomic mass is 10.3. The number of halogens is 4. The van der Waals surface area contributed by atoms with Crippen molar-refractivity contribution in [2.75, 3.05) is 65.7 Å². The molecule has 0 aromatic heterocycles. The summed E-state index contributed by atoms with van der Waals surface area (Å²) in [5.41, 5.74) is 0. The Morgan fingerprint density at radius 2 is 0.974 bits per heavy atom. The Kier molecular flexibility index (Phi) is 14.5. The third-order valence-electron chi connectivity index (χ3n) is 7.82. The van der Waals surface area contributed by atoms with Gasteiger partial charge in [0.15, 0.2) is 0 Å². The van der Waals surface area contributed by atoms with Crippen LogP contribution in [0.2, 0.25) is 25.2 Å². The number of rotatable bonds is 12. The first-order chi connectivity index (χ1) is 17.9. The van der Waals surface area contributed by atoms with Crippen LogP contribution < -0.4 is 10.4 Å². The highest BCUT2D eigenvalue weighted by atomic mass is 35.5. The summed E-state index contributed by atoms with van der Waals surface area (Å²) in [5.74, 6) is -0.449. The number of benzene rings is 2. The van der Waals surface area contributed by atoms with Gasteiger partial charge in [0, 0.05) is 26.2 Å². The molecule has 2 aromatic carbocycles. The van der Waals surface area contributed by atoms with Gasteiger partial charge in [0.05, 0.1) is 26.4 Å². The van der Waals surface area contributed by atoms with E-state index in [1.165, 1.54) is 0 Å². The van der Waals surface area contributed by atoms with E-state index in [4.69, 9.17) is 13.6 Å². The molecule has 0 N–H and O–H groups in total. The molecule has 11 heteroatoms. The molecule has 2 atom stereocenters. The minimum Gasteiger partial charge on any atom is -0.448 e. The van der Waals surface area contributed by atoms with E-state index in [0.717, 1.165) is 101 Å². The summed E-state index contributed by atoms with van der Waals surface area (Å²) < 4.78 is 46.2. The van der Waals surface area contributed by atoms with E-state index >= 15 is 0 Å². The summed E-state index contributed by atoms with van der Waals surface area (Å²) in [7, 11) is -4.89. The molecule has 2 saturated heterocycles. The van der Waals surface area contributed by atoms with Gasteiger partial charge < -0.3 is 13.6 Å². The second kappa shape index (κ2) is 16.5. The summed E-state index contributed by atoms with van der Waals surface area (Å²) in [4.78, 5) is 4.92. The quantitative estimate of drug-likeness (QED) is 0.326. The van der Waals surface area contributed by atoms with E-state index in [0.29, 0.717) is 0 Å². The Labute approximate surface area is 247 Å². The van der Waals surface area contributed by atoms with Gasteiger partial charge in [0.2, 0.25) is 16.6 Å². The minimum absolute atomic E-state index is 0. The Bertz CT molecular complexity index is 891. The van der Waals surface area contributed by atoms with Crippen LogP contribution in [0, 0.1) is 11.6 Å². The molecule has 2 heterocycles. The molecule has 0 amide bonds. The van der Waals surface area contributed by atoms with Gasteiger partial charge in [-0.05, 0) is 85.8 Å². The van der Waals surface area contributed by atoms with Gasteiger partial charge in [-0.2, -0.15) is 0 Å². The molecule has 2 aromatic rings. The largest absolute Gasteiger partial charge is 0.448 e. The molecular weight excluding hydrogens is 577 g/mol. The van der Waals surface area contributed by atoms with Crippen LogP contribution in [0.3, 0.4) is 0 Å². The zero-order valence-corrected chi connectivity index (χ0v) is 26.8. The third kappa shape index (κ3) is 10.2. The van der Waals surface area contributed by atoms with Crippen LogP contribution in [0.15, 0.2) is 48.5 Å². The van der Waals surface area contributed by atoms with Crippen LogP contribution in [0.25, 0.3) is 0 Å². The first-order valence-corrected chi connectivity index (χ1v) is 18.9. The van der Waals surface area contributed by atoms with Crippen LogP contribution >= 0.6 is 24.8 Å². The molecule has 0 spiro atoms. The highest BCUT2D eigenvalue weighted by molar-refractivity contribution is 6.97. The van der Waals surface area contributed by atoms with E-state index in [2.05, 4.69) is 22.9 Å². The first-order valence-electron chi connectivity index (χ1n) is 13.7. The monoisotopic (exact) mass is 620 g/mol. The smallest absolute Gasteiger partial charge is 0.209 e. The van der Waals surface area contributed by atoms with Gasteiger partial charge in [0.1, 0.15) is 11.6 Å². The fourth-order valence-electron chi connectivity index (χ4n) is 5.54. The lowest BCUT2D eigenvalue weighted by Crippen LogP contribution is -2.61. The van der Waals surface area contributed by atoms with Gasteiger partial charge >= 0.3 is 0 Å². The summed E-state index contributed by atoms with van der Waals surface area (Å²) in [5, 5.41) is 2.26. The van der Waals surface area contributed by atoms with Crippen LogP contribution in [-0.2, 0) is 13.6 Å². The lowest BCUT2D eigenvalue weighted by Gasteiger charge is -2.40. The molecule has 0 bridgehead atoms. The maximum Gasteiger partial charge on any atom is 0.209 e. The number of hydrogen-bond donors (Lipinski definition) is 0. The second-order valence-corrected chi connectivity index (χ2v) is 18.6. The van der Waals surface area contributed by atoms with Gasteiger partial charge in [-0.15, -0.1) is 24.8 Å². The highest BCUT2D eigenvalue weighted by Gasteiger charge is 2.42. The van der Waals surface area contributed by atoms with Gasteiger partial charge in [-0.1, -0.05) is 24.3 Å². The van der Waals surface area contributed by atoms with Crippen molar-refractivity contribution in [2.45, 2.75) is 38.0 Å². The molecule has 0 saturated carbocycles. The molecule has 2 aliphatic heterocycles. The van der Waals surface area contributed by atoms with Crippen molar-refractivity contribution in [3.05, 3.63) is 60.2 Å². The number of ether oxygens (including phenoxy) is 2. The lowest BCUT2D eigenvalue weighted by molar-refractivity contribution is 0.0379. The Morgan fingerprint density at radius 1 is 0.641 bits per heavy atom. The number of morpholine rings is 2. The molecule has 220 valence electrons. The molecule has 39 heavy (non-hydrogen) atoms. The molecule has 5 nitrogen and oxygen atoms in total. The Hall–Kier alpha value is -0.886. The topological polar surface area (TPSA) is 34.2 Å². The van der Waals surface area contributed by atoms with Crippen LogP contribution in [0.5, 0.6) is 0 Å². The summed E-state index contributed by atoms with van der Waals surface area (Å²) in [6.07, 6.45) is 2.06. The molecule has 2 fully saturated rings. The van der Waals surface area contributed by atoms with E-state index < -0.39 is 16.6 Å². The predicted molar refractivity (Wildman–Crippen MR) is 164 cm³/mol. The molecule has 0 radical (unpaired) electrons. The molecule has 0 aliphatic carbocycles. The fraction of sp³-hybridized carbons (Fsp3) is 0.571. The fourth-order valence-corrected chi connectivity index (χ4v) is 15.3. The number of hydrogen-bond acceptors (Lipinski definition) is 5. The van der Waals surface area contributed by atoms with Crippen molar-refractivity contribution < 1.29 is 22.4 Å². The molecular formula is C28H44Cl2F2N2O3Si2. The maximum atomic E-state index is 13.9. The zero-order chi connectivity index (χ0) is 26.1. The Morgan fingerprint density at radius 3 is 1.31 bits per heavy atom. The SMILES string of the molecule is C[Si](CCCN1CCOCC1)(O[Si](C)(CCCN1CCOCC1)c1ccc(F)cc1)c1ccc(F)cc1.Cl.Cl. The zero-order valence-electron chi connectivity index (χ0n) is 23.2. The molecule has 2 aliphatic rings. The Balaban J connectivity index is 0.00000267. The van der Waals surface area contributed by atoms with E-state index in [1.54, 1.807) is 24.3 Å². The van der Waals surface area contributed by atoms with Crippen LogP contribution in [0.4, 0.5) is 8.78 Å².